The van der Waals surface area contributed by atoms with E-state index < -0.39 is 0 Å². The van der Waals surface area contributed by atoms with Crippen molar-refractivity contribution in [3.05, 3.63) is 35.0 Å². The second kappa shape index (κ2) is 2.83. The predicted octanol–water partition coefficient (Wildman–Crippen LogP) is 3.65. The van der Waals surface area contributed by atoms with Gasteiger partial charge in [-0.05, 0) is 24.1 Å². The lowest BCUT2D eigenvalue weighted by Gasteiger charge is -1.98. The molecule has 0 atom stereocenters. The van der Waals surface area contributed by atoms with Crippen molar-refractivity contribution in [1.29, 1.82) is 0 Å². The average Bonchev–Trinajstić information content (AvgIpc) is 2.54. The normalized spacial score (nSPS) is 10.8. The van der Waals surface area contributed by atoms with Crippen molar-refractivity contribution in [3.63, 3.8) is 0 Å². The van der Waals surface area contributed by atoms with Crippen LogP contribution in [0.1, 0.15) is 12.5 Å². The molecule has 0 saturated heterocycles. The average molecular weight is 181 g/mol. The number of benzene rings is 1. The van der Waals surface area contributed by atoms with Gasteiger partial charge in [0.1, 0.15) is 0 Å². The Morgan fingerprint density at radius 2 is 2.17 bits per heavy atom. The first-order valence-electron chi connectivity index (χ1n) is 3.97. The van der Waals surface area contributed by atoms with Crippen LogP contribution in [-0.4, -0.2) is 0 Å². The second-order valence-corrected chi connectivity index (χ2v) is 3.13. The fraction of sp³-hybridized carbons (Fsp3) is 0.200. The monoisotopic (exact) mass is 180 g/mol. The molecule has 1 aromatic carbocycles. The van der Waals surface area contributed by atoms with Crippen LogP contribution in [0.15, 0.2) is 28.9 Å². The van der Waals surface area contributed by atoms with Gasteiger partial charge in [0.15, 0.2) is 5.58 Å². The van der Waals surface area contributed by atoms with E-state index in [1.807, 2.05) is 18.2 Å². The van der Waals surface area contributed by atoms with Gasteiger partial charge in [-0.1, -0.05) is 24.6 Å². The highest BCUT2D eigenvalue weighted by Gasteiger charge is 2.05. The molecular weight excluding hydrogens is 172 g/mol. The van der Waals surface area contributed by atoms with Crippen molar-refractivity contribution < 1.29 is 4.42 Å². The first kappa shape index (κ1) is 7.69. The number of hydrogen-bond donors (Lipinski definition) is 0. The number of hydrogen-bond acceptors (Lipinski definition) is 1. The lowest BCUT2D eigenvalue weighted by molar-refractivity contribution is 0.616. The van der Waals surface area contributed by atoms with Crippen LogP contribution in [-0.2, 0) is 6.42 Å². The second-order valence-electron chi connectivity index (χ2n) is 2.72. The van der Waals surface area contributed by atoms with Crippen molar-refractivity contribution in [1.82, 2.24) is 0 Å². The van der Waals surface area contributed by atoms with Crippen molar-refractivity contribution in [2.24, 2.45) is 0 Å². The summed E-state index contributed by atoms with van der Waals surface area (Å²) < 4.78 is 5.26. The first-order chi connectivity index (χ1) is 5.83. The van der Waals surface area contributed by atoms with Crippen molar-refractivity contribution in [2.75, 3.05) is 0 Å². The molecule has 2 aromatic rings. The van der Waals surface area contributed by atoms with Gasteiger partial charge in [-0.15, -0.1) is 0 Å². The van der Waals surface area contributed by atoms with Crippen LogP contribution in [0.25, 0.3) is 11.0 Å². The van der Waals surface area contributed by atoms with Crippen LogP contribution in [0.5, 0.6) is 0 Å². The molecule has 0 aliphatic heterocycles. The highest BCUT2D eigenvalue weighted by molar-refractivity contribution is 6.34. The lowest BCUT2D eigenvalue weighted by atomic mass is 10.1. The van der Waals surface area contributed by atoms with E-state index >= 15 is 0 Å². The molecule has 0 radical (unpaired) electrons. The maximum absolute atomic E-state index is 5.93. The van der Waals surface area contributed by atoms with Gasteiger partial charge in [0.05, 0.1) is 11.3 Å². The molecule has 0 N–H and O–H groups in total. The first-order valence-corrected chi connectivity index (χ1v) is 4.35. The SMILES string of the molecule is CCc1ccc(Cl)c2occc12. The van der Waals surface area contributed by atoms with Crippen LogP contribution < -0.4 is 0 Å². The highest BCUT2D eigenvalue weighted by atomic mass is 35.5. The van der Waals surface area contributed by atoms with E-state index in [1.165, 1.54) is 5.56 Å². The summed E-state index contributed by atoms with van der Waals surface area (Å²) in [4.78, 5) is 0. The molecule has 0 aliphatic rings. The molecule has 0 fully saturated rings. The summed E-state index contributed by atoms with van der Waals surface area (Å²) in [6.45, 7) is 2.12. The smallest absolute Gasteiger partial charge is 0.152 e. The number of fused-ring (bicyclic) bond motifs is 1. The minimum atomic E-state index is 0.687. The van der Waals surface area contributed by atoms with E-state index in [1.54, 1.807) is 6.26 Å². The summed E-state index contributed by atoms with van der Waals surface area (Å²) in [6, 6.07) is 5.88. The molecule has 0 amide bonds. The maximum atomic E-state index is 5.93. The number of furan rings is 1. The summed E-state index contributed by atoms with van der Waals surface area (Å²) in [6.07, 6.45) is 2.68. The number of rotatable bonds is 1. The van der Waals surface area contributed by atoms with Crippen molar-refractivity contribution in [2.45, 2.75) is 13.3 Å². The third-order valence-electron chi connectivity index (χ3n) is 2.04. The van der Waals surface area contributed by atoms with Crippen LogP contribution in [0.3, 0.4) is 0 Å². The van der Waals surface area contributed by atoms with Crippen LogP contribution in [0.4, 0.5) is 0 Å². The van der Waals surface area contributed by atoms with E-state index in [0.29, 0.717) is 5.02 Å². The zero-order valence-electron chi connectivity index (χ0n) is 6.80. The van der Waals surface area contributed by atoms with Gasteiger partial charge in [0.25, 0.3) is 0 Å². The van der Waals surface area contributed by atoms with E-state index in [0.717, 1.165) is 17.4 Å². The predicted molar refractivity (Wildman–Crippen MR) is 50.6 cm³/mol. The molecule has 0 saturated carbocycles. The van der Waals surface area contributed by atoms with E-state index in [2.05, 4.69) is 6.92 Å². The summed E-state index contributed by atoms with van der Waals surface area (Å²) in [5.74, 6) is 0. The fourth-order valence-electron chi connectivity index (χ4n) is 1.39. The van der Waals surface area contributed by atoms with Gasteiger partial charge >= 0.3 is 0 Å². The zero-order valence-corrected chi connectivity index (χ0v) is 7.56. The molecule has 1 aromatic heterocycles. The Morgan fingerprint density at radius 3 is 2.92 bits per heavy atom. The van der Waals surface area contributed by atoms with E-state index in [-0.39, 0.29) is 0 Å². The molecule has 1 heterocycles. The maximum Gasteiger partial charge on any atom is 0.152 e. The van der Waals surface area contributed by atoms with Crippen LogP contribution in [0.2, 0.25) is 5.02 Å². The summed E-state index contributed by atoms with van der Waals surface area (Å²) in [5, 5.41) is 1.82. The molecule has 2 rings (SSSR count). The molecule has 0 bridgehead atoms. The largest absolute Gasteiger partial charge is 0.463 e. The molecule has 0 spiro atoms. The third kappa shape index (κ3) is 1.01. The molecule has 62 valence electrons. The summed E-state index contributed by atoms with van der Waals surface area (Å²) in [5.41, 5.74) is 2.08. The molecule has 0 aliphatic carbocycles. The van der Waals surface area contributed by atoms with E-state index in [9.17, 15) is 0 Å². The lowest BCUT2D eigenvalue weighted by Crippen LogP contribution is -1.79. The Balaban J connectivity index is 2.82. The quantitative estimate of drug-likeness (QED) is 0.653. The molecule has 0 unspecified atom stereocenters. The zero-order chi connectivity index (χ0) is 8.55. The van der Waals surface area contributed by atoms with Crippen LogP contribution in [0, 0.1) is 0 Å². The minimum absolute atomic E-state index is 0.687. The number of aryl methyl sites for hydroxylation is 1. The minimum Gasteiger partial charge on any atom is -0.463 e. The Morgan fingerprint density at radius 1 is 1.33 bits per heavy atom. The summed E-state index contributed by atoms with van der Waals surface area (Å²) >= 11 is 5.93. The van der Waals surface area contributed by atoms with Gasteiger partial charge < -0.3 is 4.42 Å². The molecular formula is C10H9ClO. The molecule has 12 heavy (non-hydrogen) atoms. The molecule has 1 nitrogen and oxygen atoms in total. The Bertz CT molecular complexity index is 403. The Labute approximate surface area is 75.9 Å². The van der Waals surface area contributed by atoms with Gasteiger partial charge in [-0.2, -0.15) is 0 Å². The number of halogens is 1. The Kier molecular flexibility index (Phi) is 1.81. The van der Waals surface area contributed by atoms with Gasteiger partial charge in [-0.25, -0.2) is 0 Å². The fourth-order valence-corrected chi connectivity index (χ4v) is 1.60. The topological polar surface area (TPSA) is 13.1 Å². The Hall–Kier alpha value is -0.950. The van der Waals surface area contributed by atoms with Gasteiger partial charge in [0.2, 0.25) is 0 Å². The summed E-state index contributed by atoms with van der Waals surface area (Å²) in [7, 11) is 0. The molecule has 2 heteroatoms. The third-order valence-corrected chi connectivity index (χ3v) is 2.34. The standard InChI is InChI=1S/C10H9ClO/c1-2-7-3-4-9(11)10-8(7)5-6-12-10/h3-6H,2H2,1H3. The van der Waals surface area contributed by atoms with Crippen molar-refractivity contribution >= 4 is 22.6 Å². The van der Waals surface area contributed by atoms with Gasteiger partial charge in [-0.3, -0.25) is 0 Å². The van der Waals surface area contributed by atoms with Gasteiger partial charge in [0, 0.05) is 5.39 Å². The van der Waals surface area contributed by atoms with Crippen LogP contribution >= 0.6 is 11.6 Å². The highest BCUT2D eigenvalue weighted by Crippen LogP contribution is 2.27. The van der Waals surface area contributed by atoms with Crippen molar-refractivity contribution in [3.8, 4) is 0 Å². The van der Waals surface area contributed by atoms with E-state index in [4.69, 9.17) is 16.0 Å².